The van der Waals surface area contributed by atoms with Crippen molar-refractivity contribution in [2.24, 2.45) is 0 Å². The lowest BCUT2D eigenvalue weighted by atomic mass is 10.0. The molecule has 0 saturated carbocycles. The molecule has 1 saturated heterocycles. The third kappa shape index (κ3) is 2.32. The van der Waals surface area contributed by atoms with E-state index in [2.05, 4.69) is 10.2 Å². The highest BCUT2D eigenvalue weighted by Crippen LogP contribution is 2.20. The van der Waals surface area contributed by atoms with Crippen molar-refractivity contribution in [3.05, 3.63) is 24.0 Å². The number of amides is 1. The summed E-state index contributed by atoms with van der Waals surface area (Å²) in [6, 6.07) is 1.85. The highest BCUT2D eigenvalue weighted by Gasteiger charge is 2.26. The number of hydrogen-bond acceptors (Lipinski definition) is 3. The maximum atomic E-state index is 12.2. The Labute approximate surface area is 99.6 Å². The number of alkyl halides is 1. The number of halogens is 1. The van der Waals surface area contributed by atoms with Gasteiger partial charge in [0.25, 0.3) is 5.91 Å². The van der Waals surface area contributed by atoms with Crippen LogP contribution in [0, 0.1) is 0 Å². The van der Waals surface area contributed by atoms with Crippen molar-refractivity contribution in [2.45, 2.75) is 25.3 Å². The molecule has 0 spiro atoms. The second-order valence-corrected chi connectivity index (χ2v) is 4.24. The number of aromatic nitrogens is 2. The first-order chi connectivity index (χ1) is 7.83. The minimum absolute atomic E-state index is 0.0141. The van der Waals surface area contributed by atoms with Gasteiger partial charge in [0, 0.05) is 18.5 Å². The molecule has 2 heterocycles. The average Bonchev–Trinajstić information content (AvgIpc) is 2.39. The van der Waals surface area contributed by atoms with Gasteiger partial charge in [-0.2, -0.15) is 10.2 Å². The number of nitrogens with zero attached hydrogens (tertiary/aromatic N) is 3. The fourth-order valence-electron chi connectivity index (χ4n) is 2.01. The summed E-state index contributed by atoms with van der Waals surface area (Å²) >= 11 is 5.88. The zero-order valence-electron chi connectivity index (χ0n) is 8.97. The van der Waals surface area contributed by atoms with Crippen LogP contribution in [0.3, 0.4) is 0 Å². The monoisotopic (exact) mass is 239 g/mol. The van der Waals surface area contributed by atoms with Crippen LogP contribution in [0.15, 0.2) is 18.5 Å². The van der Waals surface area contributed by atoms with Gasteiger partial charge in [-0.15, -0.1) is 11.6 Å². The molecule has 1 aromatic rings. The van der Waals surface area contributed by atoms with Crippen LogP contribution in [0.1, 0.15) is 29.6 Å². The van der Waals surface area contributed by atoms with Gasteiger partial charge in [0.05, 0.1) is 18.0 Å². The van der Waals surface area contributed by atoms with Crippen LogP contribution in [0.5, 0.6) is 0 Å². The molecular weight excluding hydrogens is 226 g/mol. The molecule has 1 amide bonds. The Bertz CT molecular complexity index is 358. The molecule has 1 aliphatic heterocycles. The highest BCUT2D eigenvalue weighted by molar-refractivity contribution is 6.18. The van der Waals surface area contributed by atoms with E-state index in [1.807, 2.05) is 4.90 Å². The number of likely N-dealkylation sites (tertiary alicyclic amines) is 1. The number of carbonyl (C=O) groups is 1. The van der Waals surface area contributed by atoms with Gasteiger partial charge in [-0.3, -0.25) is 4.79 Å². The lowest BCUT2D eigenvalue weighted by Crippen LogP contribution is -2.44. The molecule has 0 aromatic carbocycles. The molecule has 5 heteroatoms. The zero-order valence-corrected chi connectivity index (χ0v) is 9.73. The van der Waals surface area contributed by atoms with Crippen molar-refractivity contribution >= 4 is 17.5 Å². The van der Waals surface area contributed by atoms with Crippen LogP contribution in [-0.2, 0) is 0 Å². The molecule has 0 radical (unpaired) electrons. The topological polar surface area (TPSA) is 46.1 Å². The van der Waals surface area contributed by atoms with E-state index >= 15 is 0 Å². The largest absolute Gasteiger partial charge is 0.334 e. The van der Waals surface area contributed by atoms with Crippen molar-refractivity contribution in [3.63, 3.8) is 0 Å². The van der Waals surface area contributed by atoms with Gasteiger partial charge in [0.15, 0.2) is 0 Å². The van der Waals surface area contributed by atoms with Crippen molar-refractivity contribution in [2.75, 3.05) is 12.4 Å². The molecule has 1 atom stereocenters. The normalized spacial score (nSPS) is 20.8. The molecule has 86 valence electrons. The Morgan fingerprint density at radius 3 is 3.06 bits per heavy atom. The smallest absolute Gasteiger partial charge is 0.255 e. The molecule has 1 unspecified atom stereocenters. The second kappa shape index (κ2) is 5.25. The van der Waals surface area contributed by atoms with Crippen molar-refractivity contribution < 1.29 is 4.79 Å². The fourth-order valence-corrected chi connectivity index (χ4v) is 2.33. The molecule has 4 nitrogen and oxygen atoms in total. The third-order valence-electron chi connectivity index (χ3n) is 2.90. The van der Waals surface area contributed by atoms with Gasteiger partial charge in [0.2, 0.25) is 0 Å². The molecule has 0 N–H and O–H groups in total. The highest BCUT2D eigenvalue weighted by atomic mass is 35.5. The Hall–Kier alpha value is -1.16. The molecule has 1 fully saturated rings. The average molecular weight is 240 g/mol. The predicted octanol–water partition coefficient (Wildman–Crippen LogP) is 1.71. The Balaban J connectivity index is 2.14. The lowest BCUT2D eigenvalue weighted by molar-refractivity contribution is 0.0638. The van der Waals surface area contributed by atoms with E-state index in [-0.39, 0.29) is 11.9 Å². The third-order valence-corrected chi connectivity index (χ3v) is 3.25. The molecule has 0 aliphatic carbocycles. The van der Waals surface area contributed by atoms with Crippen LogP contribution in [0.4, 0.5) is 0 Å². The van der Waals surface area contributed by atoms with Gasteiger partial charge < -0.3 is 4.90 Å². The van der Waals surface area contributed by atoms with Crippen LogP contribution >= 0.6 is 11.6 Å². The maximum absolute atomic E-state index is 12.2. The van der Waals surface area contributed by atoms with Crippen LogP contribution < -0.4 is 0 Å². The maximum Gasteiger partial charge on any atom is 0.255 e. The summed E-state index contributed by atoms with van der Waals surface area (Å²) in [4.78, 5) is 14.0. The fraction of sp³-hybridized carbons (Fsp3) is 0.545. The minimum atomic E-state index is 0.0141. The van der Waals surface area contributed by atoms with Gasteiger partial charge in [-0.05, 0) is 25.3 Å². The Morgan fingerprint density at radius 2 is 2.38 bits per heavy atom. The lowest BCUT2D eigenvalue weighted by Gasteiger charge is -2.34. The molecule has 1 aliphatic rings. The number of piperidine rings is 1. The van der Waals surface area contributed by atoms with E-state index in [1.54, 1.807) is 6.07 Å². The predicted molar refractivity (Wildman–Crippen MR) is 61.4 cm³/mol. The summed E-state index contributed by atoms with van der Waals surface area (Å²) < 4.78 is 0. The molecule has 16 heavy (non-hydrogen) atoms. The van der Waals surface area contributed by atoms with E-state index in [4.69, 9.17) is 11.6 Å². The summed E-state index contributed by atoms with van der Waals surface area (Å²) in [5.41, 5.74) is 0.590. The molecule has 0 bridgehead atoms. The van der Waals surface area contributed by atoms with Gasteiger partial charge in [-0.25, -0.2) is 0 Å². The summed E-state index contributed by atoms with van der Waals surface area (Å²) in [7, 11) is 0. The van der Waals surface area contributed by atoms with E-state index in [9.17, 15) is 4.79 Å². The minimum Gasteiger partial charge on any atom is -0.334 e. The first-order valence-electron chi connectivity index (χ1n) is 5.46. The number of carbonyl (C=O) groups excluding carboxylic acids is 1. The summed E-state index contributed by atoms with van der Waals surface area (Å²) in [5, 5.41) is 7.39. The quantitative estimate of drug-likeness (QED) is 0.739. The van der Waals surface area contributed by atoms with E-state index in [1.165, 1.54) is 12.4 Å². The second-order valence-electron chi connectivity index (χ2n) is 3.93. The van der Waals surface area contributed by atoms with Gasteiger partial charge in [-0.1, -0.05) is 0 Å². The zero-order chi connectivity index (χ0) is 11.4. The molecular formula is C11H14ClN3O. The standard InChI is InChI=1S/C11H14ClN3O/c12-7-10-3-1-2-6-15(10)11(16)9-4-5-13-14-8-9/h4-5,8,10H,1-3,6-7H2. The van der Waals surface area contributed by atoms with Crippen LogP contribution in [0.25, 0.3) is 0 Å². The van der Waals surface area contributed by atoms with E-state index < -0.39 is 0 Å². The Kier molecular flexibility index (Phi) is 3.72. The summed E-state index contributed by atoms with van der Waals surface area (Å²) in [5.74, 6) is 0.518. The first kappa shape index (κ1) is 11.3. The van der Waals surface area contributed by atoms with E-state index in [0.29, 0.717) is 11.4 Å². The number of hydrogen-bond donors (Lipinski definition) is 0. The van der Waals surface area contributed by atoms with Crippen molar-refractivity contribution in [3.8, 4) is 0 Å². The Morgan fingerprint density at radius 1 is 1.50 bits per heavy atom. The van der Waals surface area contributed by atoms with Crippen LogP contribution in [0.2, 0.25) is 0 Å². The summed E-state index contributed by atoms with van der Waals surface area (Å²) in [6.45, 7) is 0.790. The summed E-state index contributed by atoms with van der Waals surface area (Å²) in [6.07, 6.45) is 6.23. The van der Waals surface area contributed by atoms with Crippen molar-refractivity contribution in [1.82, 2.24) is 15.1 Å². The SMILES string of the molecule is O=C(c1ccnnc1)N1CCCCC1CCl. The first-order valence-corrected chi connectivity index (χ1v) is 6.00. The van der Waals surface area contributed by atoms with Crippen molar-refractivity contribution in [1.29, 1.82) is 0 Å². The molecule has 1 aromatic heterocycles. The van der Waals surface area contributed by atoms with Crippen LogP contribution in [-0.4, -0.2) is 39.5 Å². The van der Waals surface area contributed by atoms with E-state index in [0.717, 1.165) is 25.8 Å². The van der Waals surface area contributed by atoms with Gasteiger partial charge in [0.1, 0.15) is 0 Å². The van der Waals surface area contributed by atoms with Gasteiger partial charge >= 0.3 is 0 Å². The number of rotatable bonds is 2. The molecule has 2 rings (SSSR count).